The van der Waals surface area contributed by atoms with E-state index in [0.717, 1.165) is 9.87 Å². The van der Waals surface area contributed by atoms with E-state index in [0.29, 0.717) is 5.75 Å². The number of hydrogen-bond acceptors (Lipinski definition) is 6. The van der Waals surface area contributed by atoms with Crippen LogP contribution in [0.1, 0.15) is 15.9 Å². The van der Waals surface area contributed by atoms with Crippen molar-refractivity contribution in [1.29, 1.82) is 0 Å². The van der Waals surface area contributed by atoms with E-state index < -0.39 is 26.0 Å². The molecular weight excluding hydrogens is 490 g/mol. The van der Waals surface area contributed by atoms with Gasteiger partial charge in [-0.15, -0.1) is 0 Å². The summed E-state index contributed by atoms with van der Waals surface area (Å²) in [4.78, 5) is 12.8. The SMILES string of the molecule is Cc1ccc(S(=O)(=O)Nc2cccc(C(=O)NCCOc3ccc(S(=O)(=O)N(C)C)cc3)c2)cc1. The molecule has 186 valence electrons. The molecule has 0 aliphatic heterocycles. The van der Waals surface area contributed by atoms with Gasteiger partial charge in [0.2, 0.25) is 10.0 Å². The Hall–Kier alpha value is -3.41. The van der Waals surface area contributed by atoms with Gasteiger partial charge in [0, 0.05) is 25.3 Å². The van der Waals surface area contributed by atoms with Gasteiger partial charge in [0.1, 0.15) is 12.4 Å². The fraction of sp³-hybridized carbons (Fsp3) is 0.208. The number of anilines is 1. The van der Waals surface area contributed by atoms with Crippen LogP contribution in [-0.2, 0) is 20.0 Å². The largest absolute Gasteiger partial charge is 0.492 e. The third kappa shape index (κ3) is 6.81. The van der Waals surface area contributed by atoms with Crippen molar-refractivity contribution < 1.29 is 26.4 Å². The highest BCUT2D eigenvalue weighted by atomic mass is 32.2. The van der Waals surface area contributed by atoms with Crippen molar-refractivity contribution in [1.82, 2.24) is 9.62 Å². The fourth-order valence-corrected chi connectivity index (χ4v) is 4.96. The summed E-state index contributed by atoms with van der Waals surface area (Å²) in [6.07, 6.45) is 0. The minimum absolute atomic E-state index is 0.127. The smallest absolute Gasteiger partial charge is 0.261 e. The van der Waals surface area contributed by atoms with Gasteiger partial charge in [-0.25, -0.2) is 21.1 Å². The first-order chi connectivity index (χ1) is 16.5. The summed E-state index contributed by atoms with van der Waals surface area (Å²) < 4.78 is 58.5. The number of hydrogen-bond donors (Lipinski definition) is 2. The monoisotopic (exact) mass is 517 g/mol. The van der Waals surface area contributed by atoms with Crippen molar-refractivity contribution in [3.05, 3.63) is 83.9 Å². The number of benzene rings is 3. The normalized spacial score (nSPS) is 11.8. The molecule has 0 spiro atoms. The van der Waals surface area contributed by atoms with E-state index in [4.69, 9.17) is 4.74 Å². The summed E-state index contributed by atoms with van der Waals surface area (Å²) in [5.74, 6) is 0.0712. The molecule has 9 nitrogen and oxygen atoms in total. The van der Waals surface area contributed by atoms with Crippen molar-refractivity contribution in [3.8, 4) is 5.75 Å². The predicted molar refractivity (Wildman–Crippen MR) is 134 cm³/mol. The highest BCUT2D eigenvalue weighted by Crippen LogP contribution is 2.19. The Balaban J connectivity index is 1.54. The standard InChI is InChI=1S/C24H27N3O6S2/c1-18-7-11-22(12-8-18)34(29,30)26-20-6-4-5-19(17-20)24(28)25-15-16-33-21-9-13-23(14-10-21)35(31,32)27(2)3/h4-14,17,26H,15-16H2,1-3H3,(H,25,28). The average Bonchev–Trinajstić information content (AvgIpc) is 2.82. The molecule has 0 atom stereocenters. The number of aryl methyl sites for hydroxylation is 1. The summed E-state index contributed by atoms with van der Waals surface area (Å²) in [5, 5.41) is 2.70. The minimum Gasteiger partial charge on any atom is -0.492 e. The van der Waals surface area contributed by atoms with Crippen LogP contribution in [0, 0.1) is 6.92 Å². The van der Waals surface area contributed by atoms with Gasteiger partial charge in [0.05, 0.1) is 16.3 Å². The molecule has 0 fully saturated rings. The number of carbonyl (C=O) groups is 1. The Morgan fingerprint density at radius 1 is 0.886 bits per heavy atom. The molecule has 35 heavy (non-hydrogen) atoms. The summed E-state index contributed by atoms with van der Waals surface area (Å²) in [7, 11) is -4.39. The zero-order valence-electron chi connectivity index (χ0n) is 19.6. The Bertz CT molecular complexity index is 1390. The number of carbonyl (C=O) groups excluding carboxylic acids is 1. The Morgan fingerprint density at radius 2 is 1.51 bits per heavy atom. The highest BCUT2D eigenvalue weighted by molar-refractivity contribution is 7.92. The summed E-state index contributed by atoms with van der Waals surface area (Å²) in [6, 6.07) is 18.6. The molecule has 0 saturated carbocycles. The van der Waals surface area contributed by atoms with Crippen molar-refractivity contribution in [3.63, 3.8) is 0 Å². The zero-order valence-corrected chi connectivity index (χ0v) is 21.2. The van der Waals surface area contributed by atoms with Gasteiger partial charge in [-0.2, -0.15) is 0 Å². The third-order valence-electron chi connectivity index (χ3n) is 4.97. The van der Waals surface area contributed by atoms with E-state index >= 15 is 0 Å². The van der Waals surface area contributed by atoms with Crippen LogP contribution in [0.3, 0.4) is 0 Å². The molecule has 0 heterocycles. The topological polar surface area (TPSA) is 122 Å². The molecule has 0 aliphatic rings. The van der Waals surface area contributed by atoms with E-state index in [-0.39, 0.29) is 34.2 Å². The maximum absolute atomic E-state index is 12.6. The van der Waals surface area contributed by atoms with E-state index in [1.165, 1.54) is 44.4 Å². The van der Waals surface area contributed by atoms with Crippen molar-refractivity contribution in [2.45, 2.75) is 16.7 Å². The third-order valence-corrected chi connectivity index (χ3v) is 8.19. The van der Waals surface area contributed by atoms with Crippen LogP contribution < -0.4 is 14.8 Å². The van der Waals surface area contributed by atoms with Gasteiger partial charge in [0.15, 0.2) is 0 Å². The lowest BCUT2D eigenvalue weighted by atomic mass is 10.2. The first-order valence-electron chi connectivity index (χ1n) is 10.6. The van der Waals surface area contributed by atoms with Gasteiger partial charge in [-0.1, -0.05) is 23.8 Å². The Morgan fingerprint density at radius 3 is 2.14 bits per heavy atom. The van der Waals surface area contributed by atoms with Gasteiger partial charge < -0.3 is 10.1 Å². The second-order valence-corrected chi connectivity index (χ2v) is 11.7. The van der Waals surface area contributed by atoms with E-state index in [1.54, 1.807) is 42.5 Å². The Labute approximate surface area is 205 Å². The quantitative estimate of drug-likeness (QED) is 0.399. The maximum atomic E-state index is 12.6. The van der Waals surface area contributed by atoms with Crippen LogP contribution in [0.4, 0.5) is 5.69 Å². The van der Waals surface area contributed by atoms with Gasteiger partial charge in [-0.3, -0.25) is 9.52 Å². The van der Waals surface area contributed by atoms with Crippen molar-refractivity contribution >= 4 is 31.6 Å². The summed E-state index contributed by atoms with van der Waals surface area (Å²) in [6.45, 7) is 2.22. The number of sulfonamides is 2. The van der Waals surface area contributed by atoms with Crippen LogP contribution in [0.25, 0.3) is 0 Å². The van der Waals surface area contributed by atoms with Crippen LogP contribution >= 0.6 is 0 Å². The molecule has 0 bridgehead atoms. The van der Waals surface area contributed by atoms with Gasteiger partial charge >= 0.3 is 0 Å². The van der Waals surface area contributed by atoms with E-state index in [1.807, 2.05) is 6.92 Å². The molecule has 0 aromatic heterocycles. The zero-order chi connectivity index (χ0) is 25.6. The molecule has 11 heteroatoms. The Kier molecular flexibility index (Phi) is 8.15. The second-order valence-electron chi connectivity index (χ2n) is 7.86. The molecular formula is C24H27N3O6S2. The molecule has 1 amide bonds. The number of nitrogens with one attached hydrogen (secondary N) is 2. The summed E-state index contributed by atoms with van der Waals surface area (Å²) in [5.41, 5.74) is 1.50. The number of amides is 1. The molecule has 2 N–H and O–H groups in total. The van der Waals surface area contributed by atoms with Gasteiger partial charge in [0.25, 0.3) is 15.9 Å². The van der Waals surface area contributed by atoms with Crippen LogP contribution in [0.2, 0.25) is 0 Å². The molecule has 0 radical (unpaired) electrons. The highest BCUT2D eigenvalue weighted by Gasteiger charge is 2.17. The number of rotatable bonds is 10. The molecule has 3 rings (SSSR count). The van der Waals surface area contributed by atoms with E-state index in [9.17, 15) is 21.6 Å². The molecule has 0 saturated heterocycles. The van der Waals surface area contributed by atoms with Crippen molar-refractivity contribution in [2.24, 2.45) is 0 Å². The second kappa shape index (κ2) is 10.9. The molecule has 3 aromatic rings. The molecule has 3 aromatic carbocycles. The van der Waals surface area contributed by atoms with Crippen LogP contribution in [0.15, 0.2) is 82.6 Å². The maximum Gasteiger partial charge on any atom is 0.261 e. The van der Waals surface area contributed by atoms with Crippen LogP contribution in [0.5, 0.6) is 5.75 Å². The number of nitrogens with zero attached hydrogens (tertiary/aromatic N) is 1. The van der Waals surface area contributed by atoms with Crippen molar-refractivity contribution in [2.75, 3.05) is 32.0 Å². The summed E-state index contributed by atoms with van der Waals surface area (Å²) >= 11 is 0. The van der Waals surface area contributed by atoms with E-state index in [2.05, 4.69) is 10.0 Å². The molecule has 0 unspecified atom stereocenters. The predicted octanol–water partition coefficient (Wildman–Crippen LogP) is 2.85. The minimum atomic E-state index is -3.78. The lowest BCUT2D eigenvalue weighted by Gasteiger charge is -2.12. The van der Waals surface area contributed by atoms with Gasteiger partial charge in [-0.05, 0) is 61.5 Å². The van der Waals surface area contributed by atoms with Crippen LogP contribution in [-0.4, -0.2) is 54.3 Å². The first kappa shape index (κ1) is 26.2. The lowest BCUT2D eigenvalue weighted by Crippen LogP contribution is -2.28. The molecule has 0 aliphatic carbocycles. The lowest BCUT2D eigenvalue weighted by molar-refractivity contribution is 0.0947. The first-order valence-corrected chi connectivity index (χ1v) is 13.5. The average molecular weight is 518 g/mol. The number of ether oxygens (including phenoxy) is 1. The fourth-order valence-electron chi connectivity index (χ4n) is 3.01.